The lowest BCUT2D eigenvalue weighted by molar-refractivity contribution is 0.0945. The highest BCUT2D eigenvalue weighted by Crippen LogP contribution is 2.19. The Kier molecular flexibility index (Phi) is 3.68. The third-order valence-electron chi connectivity index (χ3n) is 2.88. The minimum Gasteiger partial charge on any atom is -0.472 e. The van der Waals surface area contributed by atoms with Gasteiger partial charge < -0.3 is 9.73 Å². The Hall–Kier alpha value is -3.02. The molecule has 0 saturated carbocycles. The molecule has 1 N–H and O–H groups in total. The average Bonchev–Trinajstić information content (AvgIpc) is 3.08. The topological polar surface area (TPSA) is 80.9 Å². The van der Waals surface area contributed by atoms with Crippen LogP contribution in [0.1, 0.15) is 16.2 Å². The fraction of sp³-hybridized carbons (Fsp3) is 0.0667. The van der Waals surface area contributed by atoms with Crippen molar-refractivity contribution >= 4 is 5.91 Å². The quantitative estimate of drug-likeness (QED) is 0.791. The van der Waals surface area contributed by atoms with Crippen LogP contribution in [0.25, 0.3) is 11.3 Å². The van der Waals surface area contributed by atoms with Gasteiger partial charge in [0.2, 0.25) is 0 Å². The van der Waals surface area contributed by atoms with Crippen molar-refractivity contribution < 1.29 is 9.21 Å². The molecule has 0 fully saturated rings. The molecular formula is C15H12N4O2. The summed E-state index contributed by atoms with van der Waals surface area (Å²) in [5, 5.41) is 2.78. The van der Waals surface area contributed by atoms with Crippen molar-refractivity contribution in [2.45, 2.75) is 6.54 Å². The summed E-state index contributed by atoms with van der Waals surface area (Å²) in [5.74, 6) is -0.251. The van der Waals surface area contributed by atoms with E-state index >= 15 is 0 Å². The largest absolute Gasteiger partial charge is 0.472 e. The predicted molar refractivity (Wildman–Crippen MR) is 75.1 cm³/mol. The van der Waals surface area contributed by atoms with Crippen LogP contribution in [-0.4, -0.2) is 20.9 Å². The zero-order chi connectivity index (χ0) is 14.5. The molecule has 3 aromatic rings. The first kappa shape index (κ1) is 13.0. The third-order valence-corrected chi connectivity index (χ3v) is 2.88. The molecule has 0 saturated heterocycles. The van der Waals surface area contributed by atoms with E-state index in [-0.39, 0.29) is 12.5 Å². The molecule has 6 nitrogen and oxygen atoms in total. The van der Waals surface area contributed by atoms with E-state index in [9.17, 15) is 4.79 Å². The number of nitrogens with zero attached hydrogens (tertiary/aromatic N) is 3. The number of carbonyl (C=O) groups excluding carboxylic acids is 1. The number of hydrogen-bond acceptors (Lipinski definition) is 5. The van der Waals surface area contributed by atoms with Crippen molar-refractivity contribution in [2.24, 2.45) is 0 Å². The molecule has 1 amide bonds. The number of rotatable bonds is 4. The van der Waals surface area contributed by atoms with Gasteiger partial charge in [-0.3, -0.25) is 19.7 Å². The lowest BCUT2D eigenvalue weighted by atomic mass is 10.2. The van der Waals surface area contributed by atoms with E-state index in [0.717, 1.165) is 5.56 Å². The molecule has 0 spiro atoms. The van der Waals surface area contributed by atoms with E-state index in [2.05, 4.69) is 20.3 Å². The van der Waals surface area contributed by atoms with Gasteiger partial charge in [0.25, 0.3) is 5.91 Å². The molecule has 3 rings (SSSR count). The number of pyridine rings is 1. The van der Waals surface area contributed by atoms with Crippen LogP contribution in [0.3, 0.4) is 0 Å². The summed E-state index contributed by atoms with van der Waals surface area (Å²) in [6.07, 6.45) is 7.93. The molecule has 0 aliphatic rings. The van der Waals surface area contributed by atoms with Gasteiger partial charge in [0.05, 0.1) is 30.5 Å². The summed E-state index contributed by atoms with van der Waals surface area (Å²) < 4.78 is 5.05. The number of hydrogen-bond donors (Lipinski definition) is 1. The van der Waals surface area contributed by atoms with Gasteiger partial charge >= 0.3 is 0 Å². The van der Waals surface area contributed by atoms with Gasteiger partial charge in [-0.1, -0.05) is 6.07 Å². The molecule has 0 bridgehead atoms. The first-order valence-corrected chi connectivity index (χ1v) is 6.36. The van der Waals surface area contributed by atoms with Gasteiger partial charge in [0, 0.05) is 24.2 Å². The van der Waals surface area contributed by atoms with Gasteiger partial charge in [-0.25, -0.2) is 0 Å². The first-order valence-electron chi connectivity index (χ1n) is 6.36. The Morgan fingerprint density at radius 3 is 2.76 bits per heavy atom. The second-order valence-electron chi connectivity index (χ2n) is 4.26. The lowest BCUT2D eigenvalue weighted by Gasteiger charge is -2.07. The zero-order valence-corrected chi connectivity index (χ0v) is 11.1. The highest BCUT2D eigenvalue weighted by molar-refractivity contribution is 5.92. The zero-order valence-electron chi connectivity index (χ0n) is 11.1. The van der Waals surface area contributed by atoms with Gasteiger partial charge in [-0.05, 0) is 18.2 Å². The summed E-state index contributed by atoms with van der Waals surface area (Å²) in [7, 11) is 0. The number of nitrogens with one attached hydrogen (secondary N) is 1. The second-order valence-corrected chi connectivity index (χ2v) is 4.26. The van der Waals surface area contributed by atoms with Gasteiger partial charge in [-0.15, -0.1) is 0 Å². The third kappa shape index (κ3) is 2.94. The standard InChI is InChI=1S/C15H12N4O2/c20-15(12-3-1-2-5-16-12)19-9-13-14(18-7-6-17-13)11-4-8-21-10-11/h1-8,10H,9H2,(H,19,20). The van der Waals surface area contributed by atoms with E-state index in [4.69, 9.17) is 4.42 Å². The maximum atomic E-state index is 12.0. The van der Waals surface area contributed by atoms with E-state index < -0.39 is 0 Å². The van der Waals surface area contributed by atoms with Crippen molar-refractivity contribution in [1.82, 2.24) is 20.3 Å². The van der Waals surface area contributed by atoms with E-state index in [1.165, 1.54) is 0 Å². The highest BCUT2D eigenvalue weighted by Gasteiger charge is 2.11. The normalized spacial score (nSPS) is 10.3. The monoisotopic (exact) mass is 280 g/mol. The molecule has 0 radical (unpaired) electrons. The molecule has 104 valence electrons. The fourth-order valence-corrected chi connectivity index (χ4v) is 1.89. The summed E-state index contributed by atoms with van der Waals surface area (Å²) in [4.78, 5) is 24.5. The molecule has 0 aliphatic heterocycles. The Morgan fingerprint density at radius 1 is 1.10 bits per heavy atom. The van der Waals surface area contributed by atoms with Gasteiger partial charge in [-0.2, -0.15) is 0 Å². The molecule has 3 aromatic heterocycles. The van der Waals surface area contributed by atoms with Crippen LogP contribution >= 0.6 is 0 Å². The SMILES string of the molecule is O=C(NCc1nccnc1-c1ccoc1)c1ccccn1. The maximum Gasteiger partial charge on any atom is 0.270 e. The van der Waals surface area contributed by atoms with Crippen LogP contribution < -0.4 is 5.32 Å². The molecular weight excluding hydrogens is 268 g/mol. The van der Waals surface area contributed by atoms with Crippen LogP contribution in [0.5, 0.6) is 0 Å². The van der Waals surface area contributed by atoms with Crippen LogP contribution in [0, 0.1) is 0 Å². The Balaban J connectivity index is 1.76. The van der Waals surface area contributed by atoms with Crippen molar-refractivity contribution in [3.05, 3.63) is 66.8 Å². The predicted octanol–water partition coefficient (Wildman–Crippen LogP) is 2.06. The number of carbonyl (C=O) groups is 1. The van der Waals surface area contributed by atoms with Crippen molar-refractivity contribution in [2.75, 3.05) is 0 Å². The van der Waals surface area contributed by atoms with Crippen LogP contribution in [0.15, 0.2) is 59.8 Å². The van der Waals surface area contributed by atoms with E-state index in [1.807, 2.05) is 0 Å². The fourth-order valence-electron chi connectivity index (χ4n) is 1.89. The van der Waals surface area contributed by atoms with Crippen LogP contribution in [0.2, 0.25) is 0 Å². The first-order chi connectivity index (χ1) is 10.3. The van der Waals surface area contributed by atoms with Gasteiger partial charge in [0.1, 0.15) is 5.69 Å². The number of aromatic nitrogens is 3. The maximum absolute atomic E-state index is 12.0. The molecule has 3 heterocycles. The Morgan fingerprint density at radius 2 is 2.00 bits per heavy atom. The molecule has 0 atom stereocenters. The Labute approximate surface area is 120 Å². The highest BCUT2D eigenvalue weighted by atomic mass is 16.3. The molecule has 0 aliphatic carbocycles. The minimum absolute atomic E-state index is 0.251. The van der Waals surface area contributed by atoms with Crippen molar-refractivity contribution in [1.29, 1.82) is 0 Å². The molecule has 6 heteroatoms. The summed E-state index contributed by atoms with van der Waals surface area (Å²) in [6, 6.07) is 6.98. The van der Waals surface area contributed by atoms with Crippen molar-refractivity contribution in [3.63, 3.8) is 0 Å². The number of amides is 1. The van der Waals surface area contributed by atoms with Crippen LogP contribution in [-0.2, 0) is 6.54 Å². The second kappa shape index (κ2) is 5.96. The molecule has 0 aromatic carbocycles. The summed E-state index contributed by atoms with van der Waals surface area (Å²) in [5.41, 5.74) is 2.55. The van der Waals surface area contributed by atoms with E-state index in [1.54, 1.807) is 55.4 Å². The van der Waals surface area contributed by atoms with Crippen LogP contribution in [0.4, 0.5) is 0 Å². The molecule has 0 unspecified atom stereocenters. The van der Waals surface area contributed by atoms with E-state index in [0.29, 0.717) is 17.1 Å². The molecule has 21 heavy (non-hydrogen) atoms. The number of furan rings is 1. The summed E-state index contributed by atoms with van der Waals surface area (Å²) in [6.45, 7) is 0.268. The smallest absolute Gasteiger partial charge is 0.270 e. The Bertz CT molecular complexity index is 726. The van der Waals surface area contributed by atoms with Crippen molar-refractivity contribution in [3.8, 4) is 11.3 Å². The average molecular weight is 280 g/mol. The summed E-state index contributed by atoms with van der Waals surface area (Å²) >= 11 is 0. The lowest BCUT2D eigenvalue weighted by Crippen LogP contribution is -2.24. The van der Waals surface area contributed by atoms with Gasteiger partial charge in [0.15, 0.2) is 0 Å². The minimum atomic E-state index is -0.251.